The minimum Gasteiger partial charge on any atom is -0.493 e. The zero-order valence-electron chi connectivity index (χ0n) is 20.7. The van der Waals surface area contributed by atoms with Gasteiger partial charge in [0, 0.05) is 49.9 Å². The molecule has 0 spiro atoms. The number of piperazine rings is 1. The molecule has 1 aliphatic heterocycles. The van der Waals surface area contributed by atoms with Gasteiger partial charge in [-0.3, -0.25) is 4.90 Å². The number of aromatic nitrogens is 2. The first-order valence-corrected chi connectivity index (χ1v) is 12.2. The van der Waals surface area contributed by atoms with Gasteiger partial charge in [0.15, 0.2) is 11.5 Å². The minimum atomic E-state index is 0.665. The maximum absolute atomic E-state index is 5.47. The number of hydrogen-bond donors (Lipinski definition) is 1. The van der Waals surface area contributed by atoms with E-state index in [0.29, 0.717) is 11.5 Å². The Balaban J connectivity index is 1.31. The number of hydrogen-bond acceptors (Lipinski definition) is 7. The molecule has 1 aromatic heterocycles. The molecule has 0 radical (unpaired) electrons. The molecule has 2 heterocycles. The summed E-state index contributed by atoms with van der Waals surface area (Å²) < 4.78 is 10.8. The largest absolute Gasteiger partial charge is 0.493 e. The third-order valence-electron chi connectivity index (χ3n) is 6.37. The molecule has 1 fully saturated rings. The second-order valence-corrected chi connectivity index (χ2v) is 8.68. The zero-order chi connectivity index (χ0) is 24.7. The van der Waals surface area contributed by atoms with Crippen molar-refractivity contribution in [3.63, 3.8) is 0 Å². The Bertz CT molecular complexity index is 1330. The van der Waals surface area contributed by atoms with Crippen LogP contribution in [0.25, 0.3) is 17.0 Å². The lowest BCUT2D eigenvalue weighted by Gasteiger charge is -2.34. The van der Waals surface area contributed by atoms with Crippen molar-refractivity contribution in [2.75, 3.05) is 57.2 Å². The number of nitrogens with zero attached hydrogens (tertiary/aromatic N) is 4. The molecule has 0 bridgehead atoms. The first-order chi connectivity index (χ1) is 17.7. The van der Waals surface area contributed by atoms with Crippen LogP contribution in [0.4, 0.5) is 17.5 Å². The molecule has 0 aliphatic carbocycles. The van der Waals surface area contributed by atoms with Crippen molar-refractivity contribution in [1.29, 1.82) is 0 Å². The van der Waals surface area contributed by atoms with Gasteiger partial charge in [0.1, 0.15) is 5.82 Å². The van der Waals surface area contributed by atoms with E-state index in [9.17, 15) is 0 Å². The standard InChI is InChI=1S/C29H31N5O2/c1-35-26-15-14-23(21-27(26)36-2)30-28-24-12-6-7-13-25(24)31-29(32-28)34-19-17-33(18-20-34)16-8-11-22-9-4-3-5-10-22/h3-15,21H,16-20H2,1-2H3,(H,30,31,32). The van der Waals surface area contributed by atoms with Crippen LogP contribution >= 0.6 is 0 Å². The summed E-state index contributed by atoms with van der Waals surface area (Å²) in [5.74, 6) is 2.87. The van der Waals surface area contributed by atoms with E-state index in [0.717, 1.165) is 61.1 Å². The molecule has 3 aromatic carbocycles. The predicted molar refractivity (Wildman–Crippen MR) is 146 cm³/mol. The van der Waals surface area contributed by atoms with Crippen molar-refractivity contribution in [1.82, 2.24) is 14.9 Å². The van der Waals surface area contributed by atoms with E-state index in [-0.39, 0.29) is 0 Å². The highest BCUT2D eigenvalue weighted by Gasteiger charge is 2.20. The monoisotopic (exact) mass is 481 g/mol. The molecule has 4 aromatic rings. The smallest absolute Gasteiger partial charge is 0.227 e. The molecule has 1 aliphatic rings. The van der Waals surface area contributed by atoms with Crippen molar-refractivity contribution >= 4 is 34.4 Å². The highest BCUT2D eigenvalue weighted by Crippen LogP contribution is 2.33. The summed E-state index contributed by atoms with van der Waals surface area (Å²) >= 11 is 0. The Morgan fingerprint density at radius 3 is 2.36 bits per heavy atom. The lowest BCUT2D eigenvalue weighted by Crippen LogP contribution is -2.47. The third-order valence-corrected chi connectivity index (χ3v) is 6.37. The van der Waals surface area contributed by atoms with Gasteiger partial charge in [-0.05, 0) is 29.8 Å². The van der Waals surface area contributed by atoms with Gasteiger partial charge in [-0.25, -0.2) is 4.98 Å². The first kappa shape index (κ1) is 23.6. The number of ether oxygens (including phenoxy) is 2. The Hall–Kier alpha value is -4.10. The minimum absolute atomic E-state index is 0.665. The summed E-state index contributed by atoms with van der Waals surface area (Å²) in [5.41, 5.74) is 3.02. The molecule has 7 heteroatoms. The van der Waals surface area contributed by atoms with E-state index in [4.69, 9.17) is 19.4 Å². The molecule has 0 unspecified atom stereocenters. The fourth-order valence-electron chi connectivity index (χ4n) is 4.38. The average Bonchev–Trinajstić information content (AvgIpc) is 2.94. The van der Waals surface area contributed by atoms with Gasteiger partial charge in [-0.2, -0.15) is 4.98 Å². The topological polar surface area (TPSA) is 62.8 Å². The number of benzene rings is 3. The number of fused-ring (bicyclic) bond motifs is 1. The van der Waals surface area contributed by atoms with Crippen LogP contribution in [0.1, 0.15) is 5.56 Å². The second-order valence-electron chi connectivity index (χ2n) is 8.68. The van der Waals surface area contributed by atoms with E-state index in [2.05, 4.69) is 51.5 Å². The highest BCUT2D eigenvalue weighted by atomic mass is 16.5. The molecule has 0 amide bonds. The SMILES string of the molecule is COc1ccc(Nc2nc(N3CCN(CC=Cc4ccccc4)CC3)nc3ccccc23)cc1OC. The lowest BCUT2D eigenvalue weighted by atomic mass is 10.2. The summed E-state index contributed by atoms with van der Waals surface area (Å²) in [6, 6.07) is 24.3. The molecular formula is C29H31N5O2. The lowest BCUT2D eigenvalue weighted by molar-refractivity contribution is 0.283. The van der Waals surface area contributed by atoms with Crippen LogP contribution in [0.5, 0.6) is 11.5 Å². The summed E-state index contributed by atoms with van der Waals surface area (Å²) in [7, 11) is 3.27. The quantitative estimate of drug-likeness (QED) is 0.370. The number of rotatable bonds is 8. The molecular weight excluding hydrogens is 450 g/mol. The van der Waals surface area contributed by atoms with Crippen molar-refractivity contribution in [2.45, 2.75) is 0 Å². The fourth-order valence-corrected chi connectivity index (χ4v) is 4.38. The molecule has 7 nitrogen and oxygen atoms in total. The van der Waals surface area contributed by atoms with Gasteiger partial charge in [0.2, 0.25) is 5.95 Å². The Kier molecular flexibility index (Phi) is 7.28. The number of methoxy groups -OCH3 is 2. The third kappa shape index (κ3) is 5.42. The zero-order valence-corrected chi connectivity index (χ0v) is 20.7. The van der Waals surface area contributed by atoms with Crippen LogP contribution in [0.2, 0.25) is 0 Å². The summed E-state index contributed by atoms with van der Waals surface area (Å²) in [6.45, 7) is 4.63. The second kappa shape index (κ2) is 11.1. The Morgan fingerprint density at radius 2 is 1.58 bits per heavy atom. The van der Waals surface area contributed by atoms with Gasteiger partial charge in [0.25, 0.3) is 0 Å². The number of nitrogens with one attached hydrogen (secondary N) is 1. The molecule has 184 valence electrons. The van der Waals surface area contributed by atoms with Gasteiger partial charge in [-0.1, -0.05) is 54.6 Å². The maximum Gasteiger partial charge on any atom is 0.227 e. The van der Waals surface area contributed by atoms with E-state index >= 15 is 0 Å². The van der Waals surface area contributed by atoms with E-state index < -0.39 is 0 Å². The van der Waals surface area contributed by atoms with E-state index in [1.54, 1.807) is 14.2 Å². The van der Waals surface area contributed by atoms with Crippen molar-refractivity contribution in [2.24, 2.45) is 0 Å². The fraction of sp³-hybridized carbons (Fsp3) is 0.241. The Labute approximate surface area is 212 Å². The molecule has 0 saturated carbocycles. The van der Waals surface area contributed by atoms with Crippen LogP contribution < -0.4 is 19.7 Å². The normalized spacial score (nSPS) is 14.3. The molecule has 1 N–H and O–H groups in total. The average molecular weight is 482 g/mol. The summed E-state index contributed by atoms with van der Waals surface area (Å²) in [4.78, 5) is 14.6. The van der Waals surface area contributed by atoms with Crippen LogP contribution in [0, 0.1) is 0 Å². The molecule has 5 rings (SSSR count). The Morgan fingerprint density at radius 1 is 0.833 bits per heavy atom. The molecule has 1 saturated heterocycles. The van der Waals surface area contributed by atoms with Gasteiger partial charge in [0.05, 0.1) is 19.7 Å². The van der Waals surface area contributed by atoms with Crippen LogP contribution in [0.3, 0.4) is 0 Å². The van der Waals surface area contributed by atoms with Gasteiger partial charge in [-0.15, -0.1) is 0 Å². The van der Waals surface area contributed by atoms with Gasteiger partial charge >= 0.3 is 0 Å². The number of para-hydroxylation sites is 1. The first-order valence-electron chi connectivity index (χ1n) is 12.2. The maximum atomic E-state index is 5.47. The summed E-state index contributed by atoms with van der Waals surface area (Å²) in [6.07, 6.45) is 4.42. The van der Waals surface area contributed by atoms with Crippen LogP contribution in [-0.2, 0) is 0 Å². The molecule has 36 heavy (non-hydrogen) atoms. The predicted octanol–water partition coefficient (Wildman–Crippen LogP) is 5.23. The molecule has 0 atom stereocenters. The van der Waals surface area contributed by atoms with E-state index in [1.807, 2.05) is 48.5 Å². The van der Waals surface area contributed by atoms with Crippen molar-refractivity contribution in [3.05, 3.63) is 84.4 Å². The summed E-state index contributed by atoms with van der Waals surface area (Å²) in [5, 5.41) is 4.44. The van der Waals surface area contributed by atoms with E-state index in [1.165, 1.54) is 5.56 Å². The van der Waals surface area contributed by atoms with Crippen LogP contribution in [-0.4, -0.2) is 61.8 Å². The number of anilines is 3. The van der Waals surface area contributed by atoms with Crippen LogP contribution in [0.15, 0.2) is 78.9 Å². The van der Waals surface area contributed by atoms with Crippen molar-refractivity contribution < 1.29 is 9.47 Å². The van der Waals surface area contributed by atoms with Gasteiger partial charge < -0.3 is 19.7 Å². The highest BCUT2D eigenvalue weighted by molar-refractivity contribution is 5.92. The van der Waals surface area contributed by atoms with Crippen molar-refractivity contribution in [3.8, 4) is 11.5 Å².